The Labute approximate surface area is 148 Å². The van der Waals surface area contributed by atoms with E-state index in [4.69, 9.17) is 16.3 Å². The fourth-order valence-corrected chi connectivity index (χ4v) is 2.48. The lowest BCUT2D eigenvalue weighted by Gasteiger charge is -2.17. The summed E-state index contributed by atoms with van der Waals surface area (Å²) in [5.74, 6) is 0.779. The molecule has 0 fully saturated rings. The number of ether oxygens (including phenoxy) is 1. The molecule has 24 heavy (non-hydrogen) atoms. The largest absolute Gasteiger partial charge is 0.494 e. The van der Waals surface area contributed by atoms with Crippen molar-refractivity contribution in [3.8, 4) is 5.75 Å². The van der Waals surface area contributed by atoms with E-state index in [0.717, 1.165) is 25.3 Å². The molecule has 2 aromatic carbocycles. The SMILES string of the molecule is CNC(=O)c1ccc(CN(C)CCCOc2ccc(Cl)cc2)cc1. The molecule has 2 aromatic rings. The molecule has 0 aliphatic heterocycles. The first kappa shape index (κ1) is 18.3. The molecule has 0 aliphatic rings. The second-order valence-electron chi connectivity index (χ2n) is 5.67. The van der Waals surface area contributed by atoms with E-state index in [2.05, 4.69) is 17.3 Å². The van der Waals surface area contributed by atoms with Crippen LogP contribution in [0.3, 0.4) is 0 Å². The van der Waals surface area contributed by atoms with Crippen molar-refractivity contribution in [1.29, 1.82) is 0 Å². The number of halogens is 1. The van der Waals surface area contributed by atoms with Crippen LogP contribution in [0.1, 0.15) is 22.3 Å². The number of nitrogens with one attached hydrogen (secondary N) is 1. The molecule has 0 heterocycles. The van der Waals surface area contributed by atoms with Gasteiger partial charge in [-0.15, -0.1) is 0 Å². The van der Waals surface area contributed by atoms with Crippen LogP contribution in [0.25, 0.3) is 0 Å². The quantitative estimate of drug-likeness (QED) is 0.742. The summed E-state index contributed by atoms with van der Waals surface area (Å²) in [5, 5.41) is 3.33. The van der Waals surface area contributed by atoms with Gasteiger partial charge in [-0.2, -0.15) is 0 Å². The number of hydrogen-bond donors (Lipinski definition) is 1. The van der Waals surface area contributed by atoms with Crippen LogP contribution in [0.4, 0.5) is 0 Å². The summed E-state index contributed by atoms with van der Waals surface area (Å²) in [7, 11) is 3.71. The van der Waals surface area contributed by atoms with Gasteiger partial charge in [0.05, 0.1) is 6.61 Å². The van der Waals surface area contributed by atoms with Crippen LogP contribution in [0.15, 0.2) is 48.5 Å². The van der Waals surface area contributed by atoms with E-state index in [9.17, 15) is 4.79 Å². The summed E-state index contributed by atoms with van der Waals surface area (Å²) in [6, 6.07) is 15.1. The van der Waals surface area contributed by atoms with Crippen molar-refractivity contribution in [1.82, 2.24) is 10.2 Å². The highest BCUT2D eigenvalue weighted by molar-refractivity contribution is 6.30. The van der Waals surface area contributed by atoms with Crippen LogP contribution in [0, 0.1) is 0 Å². The molecule has 0 bridgehead atoms. The molecule has 5 heteroatoms. The predicted molar refractivity (Wildman–Crippen MR) is 97.7 cm³/mol. The van der Waals surface area contributed by atoms with Gasteiger partial charge in [0.2, 0.25) is 0 Å². The van der Waals surface area contributed by atoms with E-state index in [1.54, 1.807) is 7.05 Å². The molecule has 128 valence electrons. The zero-order valence-corrected chi connectivity index (χ0v) is 14.8. The van der Waals surface area contributed by atoms with Gasteiger partial charge >= 0.3 is 0 Å². The van der Waals surface area contributed by atoms with Crippen molar-refractivity contribution in [2.75, 3.05) is 27.2 Å². The molecule has 0 atom stereocenters. The van der Waals surface area contributed by atoms with Crippen LogP contribution in [-0.4, -0.2) is 38.1 Å². The van der Waals surface area contributed by atoms with Gasteiger partial charge in [-0.3, -0.25) is 4.79 Å². The van der Waals surface area contributed by atoms with Crippen molar-refractivity contribution in [3.05, 3.63) is 64.7 Å². The molecule has 0 unspecified atom stereocenters. The Morgan fingerprint density at radius 3 is 2.42 bits per heavy atom. The first-order chi connectivity index (χ1) is 11.6. The molecule has 4 nitrogen and oxygen atoms in total. The topological polar surface area (TPSA) is 41.6 Å². The van der Waals surface area contributed by atoms with Crippen LogP contribution in [0.5, 0.6) is 5.75 Å². The van der Waals surface area contributed by atoms with E-state index < -0.39 is 0 Å². The number of benzene rings is 2. The van der Waals surface area contributed by atoms with Crippen LogP contribution in [0.2, 0.25) is 5.02 Å². The lowest BCUT2D eigenvalue weighted by atomic mass is 10.1. The minimum Gasteiger partial charge on any atom is -0.494 e. The third-order valence-electron chi connectivity index (χ3n) is 3.66. The number of nitrogens with zero attached hydrogens (tertiary/aromatic N) is 1. The Morgan fingerprint density at radius 2 is 1.79 bits per heavy atom. The highest BCUT2D eigenvalue weighted by Gasteiger charge is 2.04. The zero-order valence-electron chi connectivity index (χ0n) is 14.1. The maximum atomic E-state index is 11.5. The lowest BCUT2D eigenvalue weighted by Crippen LogP contribution is -2.21. The van der Waals surface area contributed by atoms with Crippen molar-refractivity contribution < 1.29 is 9.53 Å². The van der Waals surface area contributed by atoms with Crippen molar-refractivity contribution >= 4 is 17.5 Å². The highest BCUT2D eigenvalue weighted by atomic mass is 35.5. The van der Waals surface area contributed by atoms with Crippen LogP contribution in [-0.2, 0) is 6.54 Å². The molecule has 0 aromatic heterocycles. The average Bonchev–Trinajstić information content (AvgIpc) is 2.60. The summed E-state index contributed by atoms with van der Waals surface area (Å²) in [6.45, 7) is 2.45. The summed E-state index contributed by atoms with van der Waals surface area (Å²) >= 11 is 5.84. The molecule has 1 amide bonds. The normalized spacial score (nSPS) is 10.7. The molecule has 1 N–H and O–H groups in total. The van der Waals surface area contributed by atoms with E-state index in [-0.39, 0.29) is 5.91 Å². The fourth-order valence-electron chi connectivity index (χ4n) is 2.35. The highest BCUT2D eigenvalue weighted by Crippen LogP contribution is 2.15. The maximum absolute atomic E-state index is 11.5. The van der Waals surface area contributed by atoms with E-state index in [1.165, 1.54) is 5.56 Å². The van der Waals surface area contributed by atoms with Gasteiger partial charge in [0, 0.05) is 30.7 Å². The Kier molecular flexibility index (Phi) is 7.09. The first-order valence-corrected chi connectivity index (χ1v) is 8.34. The van der Waals surface area contributed by atoms with Crippen molar-refractivity contribution in [3.63, 3.8) is 0 Å². The minimum atomic E-state index is -0.0609. The van der Waals surface area contributed by atoms with Gasteiger partial charge in [-0.25, -0.2) is 0 Å². The monoisotopic (exact) mass is 346 g/mol. The Hall–Kier alpha value is -2.04. The molecule has 0 spiro atoms. The van der Waals surface area contributed by atoms with Crippen LogP contribution >= 0.6 is 11.6 Å². The van der Waals surface area contributed by atoms with Gasteiger partial charge in [-0.05, 0) is 55.4 Å². The number of rotatable bonds is 8. The number of hydrogen-bond acceptors (Lipinski definition) is 3. The van der Waals surface area contributed by atoms with Crippen molar-refractivity contribution in [2.45, 2.75) is 13.0 Å². The zero-order chi connectivity index (χ0) is 17.4. The van der Waals surface area contributed by atoms with Gasteiger partial charge in [0.15, 0.2) is 0 Å². The Bertz CT molecular complexity index is 641. The minimum absolute atomic E-state index is 0.0609. The average molecular weight is 347 g/mol. The van der Waals surface area contributed by atoms with E-state index in [1.807, 2.05) is 48.5 Å². The molecular formula is C19H23ClN2O2. The van der Waals surface area contributed by atoms with E-state index in [0.29, 0.717) is 17.2 Å². The van der Waals surface area contributed by atoms with Gasteiger partial charge in [0.1, 0.15) is 5.75 Å². The summed E-state index contributed by atoms with van der Waals surface area (Å²) in [5.41, 5.74) is 1.86. The Balaban J connectivity index is 1.70. The van der Waals surface area contributed by atoms with Crippen LogP contribution < -0.4 is 10.1 Å². The number of carbonyl (C=O) groups is 1. The third-order valence-corrected chi connectivity index (χ3v) is 3.91. The third kappa shape index (κ3) is 5.87. The lowest BCUT2D eigenvalue weighted by molar-refractivity contribution is 0.0963. The number of carbonyl (C=O) groups excluding carboxylic acids is 1. The smallest absolute Gasteiger partial charge is 0.251 e. The molecule has 0 radical (unpaired) electrons. The molecule has 0 saturated carbocycles. The maximum Gasteiger partial charge on any atom is 0.251 e. The summed E-state index contributed by atoms with van der Waals surface area (Å²) in [6.07, 6.45) is 0.940. The fraction of sp³-hybridized carbons (Fsp3) is 0.316. The second-order valence-corrected chi connectivity index (χ2v) is 6.11. The molecule has 0 saturated heterocycles. The van der Waals surface area contributed by atoms with E-state index >= 15 is 0 Å². The van der Waals surface area contributed by atoms with Gasteiger partial charge in [0.25, 0.3) is 5.91 Å². The summed E-state index contributed by atoms with van der Waals surface area (Å²) in [4.78, 5) is 13.8. The summed E-state index contributed by atoms with van der Waals surface area (Å²) < 4.78 is 5.69. The first-order valence-electron chi connectivity index (χ1n) is 7.96. The number of amides is 1. The molecular weight excluding hydrogens is 324 g/mol. The molecule has 0 aliphatic carbocycles. The Morgan fingerprint density at radius 1 is 1.12 bits per heavy atom. The van der Waals surface area contributed by atoms with Gasteiger partial charge in [-0.1, -0.05) is 23.7 Å². The second kappa shape index (κ2) is 9.30. The predicted octanol–water partition coefficient (Wildman–Crippen LogP) is 3.60. The molecule has 2 rings (SSSR count). The van der Waals surface area contributed by atoms with Gasteiger partial charge < -0.3 is 15.0 Å². The van der Waals surface area contributed by atoms with Crippen molar-refractivity contribution in [2.24, 2.45) is 0 Å². The standard InChI is InChI=1S/C19H23ClN2O2/c1-21-19(23)16-6-4-15(5-7-16)14-22(2)12-3-13-24-18-10-8-17(20)9-11-18/h4-11H,3,12-14H2,1-2H3,(H,21,23).